The van der Waals surface area contributed by atoms with E-state index >= 15 is 0 Å². The second-order valence-corrected chi connectivity index (χ2v) is 16.5. The van der Waals surface area contributed by atoms with E-state index in [2.05, 4.69) is 43.5 Å². The molecule has 2 amide bonds. The fourth-order valence-electron chi connectivity index (χ4n) is 5.56. The summed E-state index contributed by atoms with van der Waals surface area (Å²) >= 11 is 0. The molecule has 10 nitrogen and oxygen atoms in total. The molecule has 54 heavy (non-hydrogen) atoms. The van der Waals surface area contributed by atoms with Crippen molar-refractivity contribution in [1.82, 2.24) is 10.2 Å². The zero-order chi connectivity index (χ0) is 40.6. The number of nitrogens with one attached hydrogen (secondary N) is 1. The molecular formula is C42H85N3NaO7S+. The summed E-state index contributed by atoms with van der Waals surface area (Å²) in [5.74, 6) is 0.204. The van der Waals surface area contributed by atoms with Crippen LogP contribution in [0.15, 0.2) is 24.3 Å². The second-order valence-electron chi connectivity index (χ2n) is 14.9. The number of nitrogens with zero attached hydrogens (tertiary/aromatic N) is 2. The van der Waals surface area contributed by atoms with Crippen LogP contribution in [0.3, 0.4) is 0 Å². The van der Waals surface area contributed by atoms with Crippen molar-refractivity contribution < 1.29 is 67.1 Å². The second kappa shape index (κ2) is 43.3. The fraction of sp³-hybridized carbons (Fsp3) is 0.857. The van der Waals surface area contributed by atoms with Crippen molar-refractivity contribution in [2.24, 2.45) is 0 Å². The van der Waals surface area contributed by atoms with E-state index in [9.17, 15) is 27.8 Å². The number of carbonyl (C=O) groups excluding carboxylic acids is 2. The molecule has 0 aliphatic heterocycles. The van der Waals surface area contributed by atoms with E-state index in [1.54, 1.807) is 19.0 Å². The molecule has 0 saturated heterocycles. The van der Waals surface area contributed by atoms with Crippen molar-refractivity contribution in [2.45, 2.75) is 187 Å². The Bertz CT molecular complexity index is 987. The van der Waals surface area contributed by atoms with Crippen LogP contribution < -0.4 is 34.9 Å². The molecule has 0 rings (SSSR count). The summed E-state index contributed by atoms with van der Waals surface area (Å²) in [4.78, 5) is 24.1. The van der Waals surface area contributed by atoms with Gasteiger partial charge in [-0.1, -0.05) is 116 Å². The van der Waals surface area contributed by atoms with E-state index < -0.39 is 15.4 Å². The van der Waals surface area contributed by atoms with Gasteiger partial charge in [-0.05, 0) is 77.0 Å². The van der Waals surface area contributed by atoms with E-state index in [-0.39, 0.29) is 52.6 Å². The number of hydrogen-bond acceptors (Lipinski definition) is 7. The molecule has 3 N–H and O–H groups in total. The van der Waals surface area contributed by atoms with Gasteiger partial charge in [0, 0.05) is 38.7 Å². The summed E-state index contributed by atoms with van der Waals surface area (Å²) in [5, 5.41) is 19.9. The normalized spacial score (nSPS) is 12.0. The third-order valence-electron chi connectivity index (χ3n) is 8.77. The number of allylic oxidation sites excluding steroid dienone is 4. The number of amides is 2. The van der Waals surface area contributed by atoms with Gasteiger partial charge in [0.25, 0.3) is 0 Å². The van der Waals surface area contributed by atoms with Gasteiger partial charge in [-0.15, -0.1) is 0 Å². The minimum atomic E-state index is -4.15. The van der Waals surface area contributed by atoms with E-state index in [0.29, 0.717) is 32.2 Å². The average molecular weight is 799 g/mol. The van der Waals surface area contributed by atoms with E-state index in [1.165, 1.54) is 64.2 Å². The van der Waals surface area contributed by atoms with Crippen molar-refractivity contribution in [1.29, 1.82) is 0 Å². The van der Waals surface area contributed by atoms with Crippen molar-refractivity contribution >= 4 is 21.9 Å². The molecule has 0 aromatic heterocycles. The van der Waals surface area contributed by atoms with Gasteiger partial charge < -0.3 is 19.9 Å². The SMILES string of the molecule is CC/C=C/CCCCCCCC(=O)NCCO.CC/C=C/CCCCCCCC[N+](C)(C)O.CCCC(CCCCCCCC(=O)N(C)C)S(=O)(=O)[O-].[Na+]. The average Bonchev–Trinajstić information content (AvgIpc) is 3.09. The summed E-state index contributed by atoms with van der Waals surface area (Å²) in [6.45, 7) is 7.49. The van der Waals surface area contributed by atoms with Crippen molar-refractivity contribution in [3.63, 3.8) is 0 Å². The molecule has 0 aliphatic rings. The van der Waals surface area contributed by atoms with Crippen LogP contribution in [0, 0.1) is 0 Å². The number of unbranched alkanes of at least 4 members (excludes halogenated alkanes) is 15. The predicted molar refractivity (Wildman–Crippen MR) is 222 cm³/mol. The molecule has 0 bridgehead atoms. The standard InChI is InChI=1S/C14H29NO4S.C14H27NO2.C14H30NO.Na/c1-4-10-13(20(17,18)19)11-8-6-5-7-9-12-14(16)15(2)3;1-2-3-4-5-6-7-8-9-10-11-14(17)15-12-13-16;1-4-5-6-7-8-9-10-11-12-13-14-15(2,3)16;/h13H,4-12H2,1-3H3,(H,17,18,19);3-4,16H,2,5-13H2,1H3,(H,15,17);5-6,16H,4,7-14H2,1-3H3;/q;;2*+1/p-1/b;4-3+;6-5+;. The molecule has 316 valence electrons. The molecule has 1 atom stereocenters. The number of aliphatic hydroxyl groups is 1. The Hall–Kier alpha value is -0.790. The molecule has 0 radical (unpaired) electrons. The van der Waals surface area contributed by atoms with Crippen LogP contribution in [0.1, 0.15) is 181 Å². The van der Waals surface area contributed by atoms with Gasteiger partial charge in [0.15, 0.2) is 0 Å². The molecule has 0 saturated carbocycles. The van der Waals surface area contributed by atoms with Crippen LogP contribution in [0.5, 0.6) is 0 Å². The van der Waals surface area contributed by atoms with Gasteiger partial charge in [-0.25, -0.2) is 13.6 Å². The predicted octanol–water partition coefficient (Wildman–Crippen LogP) is 6.46. The quantitative estimate of drug-likeness (QED) is 0.0177. The van der Waals surface area contributed by atoms with Gasteiger partial charge in [0.05, 0.1) is 30.8 Å². The van der Waals surface area contributed by atoms with Crippen LogP contribution in [0.4, 0.5) is 0 Å². The van der Waals surface area contributed by atoms with Crippen molar-refractivity contribution in [3.05, 3.63) is 24.3 Å². The Kier molecular flexibility index (Phi) is 48.1. The van der Waals surface area contributed by atoms with Crippen LogP contribution in [-0.4, -0.2) is 97.8 Å². The summed E-state index contributed by atoms with van der Waals surface area (Å²) in [6.07, 6.45) is 34.6. The van der Waals surface area contributed by atoms with E-state index in [4.69, 9.17) is 5.11 Å². The van der Waals surface area contributed by atoms with Crippen LogP contribution in [-0.2, 0) is 19.7 Å². The fourth-order valence-corrected chi connectivity index (χ4v) is 6.54. The minimum Gasteiger partial charge on any atom is -0.748 e. The number of quaternary nitrogens is 1. The molecule has 0 aromatic rings. The largest absolute Gasteiger partial charge is 1.00 e. The van der Waals surface area contributed by atoms with E-state index in [1.807, 2.05) is 21.0 Å². The van der Waals surface area contributed by atoms with Gasteiger partial charge in [0.1, 0.15) is 6.54 Å². The van der Waals surface area contributed by atoms with Gasteiger partial charge >= 0.3 is 29.6 Å². The van der Waals surface area contributed by atoms with E-state index in [0.717, 1.165) is 77.2 Å². The molecule has 0 aliphatic carbocycles. The molecule has 12 heteroatoms. The van der Waals surface area contributed by atoms with Gasteiger partial charge in [0.2, 0.25) is 11.8 Å². The molecule has 0 fully saturated rings. The Morgan fingerprint density at radius 1 is 0.704 bits per heavy atom. The Labute approximate surface area is 356 Å². The molecule has 0 aromatic carbocycles. The Balaban J connectivity index is -0.000000346. The molecular weight excluding hydrogens is 714 g/mol. The monoisotopic (exact) mass is 799 g/mol. The number of aliphatic hydroxyl groups excluding tert-OH is 1. The minimum absolute atomic E-state index is 0. The first-order valence-electron chi connectivity index (χ1n) is 21.0. The van der Waals surface area contributed by atoms with Crippen LogP contribution >= 0.6 is 0 Å². The topological polar surface area (TPSA) is 147 Å². The van der Waals surface area contributed by atoms with Gasteiger partial charge in [-0.2, -0.15) is 4.65 Å². The first kappa shape index (κ1) is 59.9. The molecule has 1 unspecified atom stereocenters. The zero-order valence-electron chi connectivity index (χ0n) is 36.4. The maximum atomic E-state index is 11.3. The maximum absolute atomic E-state index is 11.3. The number of rotatable bonds is 32. The smallest absolute Gasteiger partial charge is 0.748 e. The maximum Gasteiger partial charge on any atom is 1.00 e. The molecule has 0 spiro atoms. The third-order valence-corrected chi connectivity index (χ3v) is 10.1. The van der Waals surface area contributed by atoms with Crippen LogP contribution in [0.25, 0.3) is 0 Å². The summed E-state index contributed by atoms with van der Waals surface area (Å²) in [6, 6.07) is 0. The van der Waals surface area contributed by atoms with Gasteiger partial charge in [-0.3, -0.25) is 9.59 Å². The first-order chi connectivity index (χ1) is 25.2. The zero-order valence-corrected chi connectivity index (χ0v) is 39.2. The third kappa shape index (κ3) is 51.2. The number of hydrogen-bond donors (Lipinski definition) is 3. The summed E-state index contributed by atoms with van der Waals surface area (Å²) in [7, 11) is 3.02. The van der Waals surface area contributed by atoms with Crippen molar-refractivity contribution in [2.75, 3.05) is 47.9 Å². The summed E-state index contributed by atoms with van der Waals surface area (Å²) in [5.41, 5.74) is 0. The first-order valence-corrected chi connectivity index (χ1v) is 22.5. The van der Waals surface area contributed by atoms with Crippen LogP contribution in [0.2, 0.25) is 0 Å². The Morgan fingerprint density at radius 2 is 1.15 bits per heavy atom. The molecule has 0 heterocycles. The number of carbonyl (C=O) groups is 2. The van der Waals surface area contributed by atoms with Crippen molar-refractivity contribution in [3.8, 4) is 0 Å². The number of hydroxylamine groups is 3. The summed E-state index contributed by atoms with van der Waals surface area (Å²) < 4.78 is 33.2. The Morgan fingerprint density at radius 3 is 1.57 bits per heavy atom.